The van der Waals surface area contributed by atoms with Crippen molar-refractivity contribution in [2.75, 3.05) is 30.0 Å². The van der Waals surface area contributed by atoms with Crippen molar-refractivity contribution in [3.63, 3.8) is 0 Å². The van der Waals surface area contributed by atoms with E-state index in [2.05, 4.69) is 22.4 Å². The minimum absolute atomic E-state index is 0.00680. The third-order valence-corrected chi connectivity index (χ3v) is 8.14. The molecule has 2 aromatic heterocycles. The summed E-state index contributed by atoms with van der Waals surface area (Å²) in [5.74, 6) is -1.46. The van der Waals surface area contributed by atoms with Crippen molar-refractivity contribution >= 4 is 51.8 Å². The monoisotopic (exact) mass is 591 g/mol. The van der Waals surface area contributed by atoms with Crippen molar-refractivity contribution in [2.24, 2.45) is 0 Å². The molecule has 3 rings (SSSR count). The number of nitrogens with zero attached hydrogens (tertiary/aromatic N) is 3. The van der Waals surface area contributed by atoms with E-state index < -0.39 is 17.8 Å². The fraction of sp³-hybridized carbons (Fsp3) is 0.310. The minimum Gasteiger partial charge on any atom is -0.462 e. The smallest absolute Gasteiger partial charge is 0.348 e. The average molecular weight is 592 g/mol. The zero-order valence-electron chi connectivity index (χ0n) is 23.1. The van der Waals surface area contributed by atoms with Gasteiger partial charge < -0.3 is 20.5 Å². The standard InChI is InChI=1S/C29H29N5O5S2/c1-5-17-8-10-18(11-9-17)23-19(14-30)25(32)34-26(20(23)15-31)40-13-12-21(35)33-27-22(28(36)38-6-2)16(4)24(41-27)29(37)39-7-3/h8-11H,5-7,12-13H2,1-4H3,(H2,32,34)(H,33,35). The number of aryl methyl sites for hydroxylation is 1. The highest BCUT2D eigenvalue weighted by molar-refractivity contribution is 7.99. The highest BCUT2D eigenvalue weighted by Crippen LogP contribution is 2.37. The molecule has 0 atom stereocenters. The summed E-state index contributed by atoms with van der Waals surface area (Å²) in [6.07, 6.45) is 0.834. The van der Waals surface area contributed by atoms with Crippen molar-refractivity contribution in [3.8, 4) is 23.3 Å². The van der Waals surface area contributed by atoms with Crippen molar-refractivity contribution < 1.29 is 23.9 Å². The van der Waals surface area contributed by atoms with Gasteiger partial charge in [0.15, 0.2) is 0 Å². The number of amides is 1. The van der Waals surface area contributed by atoms with Crippen LogP contribution in [0.2, 0.25) is 0 Å². The van der Waals surface area contributed by atoms with E-state index in [1.54, 1.807) is 20.8 Å². The molecule has 0 unspecified atom stereocenters. The Hall–Kier alpha value is -4.39. The van der Waals surface area contributed by atoms with E-state index in [0.717, 1.165) is 35.1 Å². The van der Waals surface area contributed by atoms with Crippen LogP contribution in [-0.4, -0.2) is 41.8 Å². The highest BCUT2D eigenvalue weighted by Gasteiger charge is 2.27. The Kier molecular flexibility index (Phi) is 10.9. The third kappa shape index (κ3) is 7.04. The van der Waals surface area contributed by atoms with E-state index in [4.69, 9.17) is 15.2 Å². The fourth-order valence-corrected chi connectivity index (χ4v) is 6.01. The Morgan fingerprint density at radius 3 is 2.24 bits per heavy atom. The summed E-state index contributed by atoms with van der Waals surface area (Å²) in [4.78, 5) is 42.3. The number of rotatable bonds is 11. The molecule has 0 saturated heterocycles. The van der Waals surface area contributed by atoms with Gasteiger partial charge in [0, 0.05) is 17.7 Å². The van der Waals surface area contributed by atoms with E-state index in [9.17, 15) is 24.9 Å². The first-order valence-corrected chi connectivity index (χ1v) is 14.6. The topological polar surface area (TPSA) is 168 Å². The molecule has 0 aliphatic carbocycles. The molecule has 10 nitrogen and oxygen atoms in total. The number of carbonyl (C=O) groups excluding carboxylic acids is 3. The van der Waals surface area contributed by atoms with Crippen LogP contribution in [0.4, 0.5) is 10.8 Å². The van der Waals surface area contributed by atoms with Gasteiger partial charge in [-0.15, -0.1) is 23.1 Å². The van der Waals surface area contributed by atoms with E-state index >= 15 is 0 Å². The lowest BCUT2D eigenvalue weighted by atomic mass is 9.96. The van der Waals surface area contributed by atoms with Crippen LogP contribution in [0.5, 0.6) is 0 Å². The first-order valence-electron chi connectivity index (χ1n) is 12.8. The van der Waals surface area contributed by atoms with Gasteiger partial charge in [0.1, 0.15) is 38.4 Å². The lowest BCUT2D eigenvalue weighted by molar-refractivity contribution is -0.115. The Bertz CT molecular complexity index is 1550. The van der Waals surface area contributed by atoms with E-state index in [0.29, 0.717) is 21.7 Å². The number of thiophene rings is 1. The average Bonchev–Trinajstić information content (AvgIpc) is 3.28. The number of nitrogens with one attached hydrogen (secondary N) is 1. The molecule has 1 aromatic carbocycles. The van der Waals surface area contributed by atoms with Crippen LogP contribution < -0.4 is 11.1 Å². The molecule has 41 heavy (non-hydrogen) atoms. The highest BCUT2D eigenvalue weighted by atomic mass is 32.2. The van der Waals surface area contributed by atoms with Crippen LogP contribution in [-0.2, 0) is 20.7 Å². The maximum Gasteiger partial charge on any atom is 0.348 e. The van der Waals surface area contributed by atoms with Crippen LogP contribution in [0.25, 0.3) is 11.1 Å². The van der Waals surface area contributed by atoms with Crippen LogP contribution in [0.3, 0.4) is 0 Å². The molecule has 0 radical (unpaired) electrons. The summed E-state index contributed by atoms with van der Waals surface area (Å²) in [7, 11) is 0. The zero-order chi connectivity index (χ0) is 30.1. The number of nitriles is 2. The molecule has 0 bridgehead atoms. The number of nitrogen functional groups attached to an aromatic ring is 1. The van der Waals surface area contributed by atoms with Crippen molar-refractivity contribution in [1.82, 2.24) is 4.98 Å². The molecular formula is C29H29N5O5S2. The van der Waals surface area contributed by atoms with Gasteiger partial charge in [0.25, 0.3) is 0 Å². The van der Waals surface area contributed by atoms with E-state index in [1.165, 1.54) is 0 Å². The number of hydrogen-bond donors (Lipinski definition) is 2. The number of anilines is 2. The minimum atomic E-state index is -0.656. The van der Waals surface area contributed by atoms with Gasteiger partial charge in [-0.25, -0.2) is 14.6 Å². The first-order chi connectivity index (χ1) is 19.7. The number of benzene rings is 1. The maximum atomic E-state index is 12.9. The lowest BCUT2D eigenvalue weighted by Gasteiger charge is -2.13. The number of nitrogens with two attached hydrogens (primary N) is 1. The number of esters is 2. The Morgan fingerprint density at radius 2 is 1.66 bits per heavy atom. The molecule has 1 amide bonds. The molecule has 0 aliphatic heterocycles. The number of ether oxygens (including phenoxy) is 2. The number of aromatic nitrogens is 1. The second-order valence-corrected chi connectivity index (χ2v) is 10.7. The molecule has 2 heterocycles. The van der Waals surface area contributed by atoms with Crippen LogP contribution in [0.15, 0.2) is 29.3 Å². The molecule has 0 aliphatic rings. The summed E-state index contributed by atoms with van der Waals surface area (Å²) < 4.78 is 10.2. The van der Waals surface area contributed by atoms with E-state index in [1.807, 2.05) is 31.2 Å². The molecule has 3 N–H and O–H groups in total. The molecule has 0 spiro atoms. The predicted molar refractivity (Wildman–Crippen MR) is 158 cm³/mol. The molecule has 0 saturated carbocycles. The Balaban J connectivity index is 1.83. The second-order valence-electron chi connectivity index (χ2n) is 8.55. The van der Waals surface area contributed by atoms with Crippen LogP contribution >= 0.6 is 23.1 Å². The summed E-state index contributed by atoms with van der Waals surface area (Å²) >= 11 is 2.10. The predicted octanol–water partition coefficient (Wildman–Crippen LogP) is 5.48. The van der Waals surface area contributed by atoms with Gasteiger partial charge in [0.05, 0.1) is 24.3 Å². The number of hydrogen-bond acceptors (Lipinski definition) is 11. The van der Waals surface area contributed by atoms with Crippen LogP contribution in [0, 0.1) is 29.6 Å². The normalized spacial score (nSPS) is 10.4. The number of carbonyl (C=O) groups is 3. The molecular weight excluding hydrogens is 562 g/mol. The maximum absolute atomic E-state index is 12.9. The van der Waals surface area contributed by atoms with Gasteiger partial charge in [0.2, 0.25) is 5.91 Å². The summed E-state index contributed by atoms with van der Waals surface area (Å²) in [6, 6.07) is 11.7. The molecule has 0 fully saturated rings. The van der Waals surface area contributed by atoms with Gasteiger partial charge in [-0.05, 0) is 43.9 Å². The first kappa shape index (κ1) is 31.1. The van der Waals surface area contributed by atoms with Gasteiger partial charge in [-0.1, -0.05) is 31.2 Å². The Morgan fingerprint density at radius 1 is 1.02 bits per heavy atom. The Labute approximate surface area is 246 Å². The van der Waals surface area contributed by atoms with Crippen molar-refractivity contribution in [2.45, 2.75) is 45.6 Å². The summed E-state index contributed by atoms with van der Waals surface area (Å²) in [5, 5.41) is 22.9. The van der Waals surface area contributed by atoms with Crippen molar-refractivity contribution in [1.29, 1.82) is 10.5 Å². The second kappa shape index (κ2) is 14.3. The summed E-state index contributed by atoms with van der Waals surface area (Å²) in [5.41, 5.74) is 9.06. The lowest BCUT2D eigenvalue weighted by Crippen LogP contribution is -2.15. The van der Waals surface area contributed by atoms with Gasteiger partial charge in [-0.3, -0.25) is 4.79 Å². The van der Waals surface area contributed by atoms with Crippen molar-refractivity contribution in [3.05, 3.63) is 57.0 Å². The fourth-order valence-electron chi connectivity index (χ4n) is 3.97. The summed E-state index contributed by atoms with van der Waals surface area (Å²) in [6.45, 7) is 7.24. The van der Waals surface area contributed by atoms with Crippen LogP contribution in [0.1, 0.15) is 69.5 Å². The quantitative estimate of drug-likeness (QED) is 0.215. The molecule has 3 aromatic rings. The molecule has 12 heteroatoms. The number of pyridine rings is 1. The van der Waals surface area contributed by atoms with Gasteiger partial charge in [-0.2, -0.15) is 10.5 Å². The number of thioether (sulfide) groups is 1. The van der Waals surface area contributed by atoms with Gasteiger partial charge >= 0.3 is 11.9 Å². The SMILES string of the molecule is CCOC(=O)c1sc(NC(=O)CCSc2nc(N)c(C#N)c(-c3ccc(CC)cc3)c2C#N)c(C(=O)OCC)c1C. The zero-order valence-corrected chi connectivity index (χ0v) is 24.8. The third-order valence-electron chi connectivity index (χ3n) is 5.97. The largest absolute Gasteiger partial charge is 0.462 e. The van der Waals surface area contributed by atoms with E-state index in [-0.39, 0.29) is 57.8 Å². The molecule has 212 valence electrons.